The molecule has 0 aromatic carbocycles. The van der Waals surface area contributed by atoms with Gasteiger partial charge < -0.3 is 5.32 Å². The van der Waals surface area contributed by atoms with Gasteiger partial charge in [0.25, 0.3) is 0 Å². The zero-order valence-corrected chi connectivity index (χ0v) is 9.70. The molecule has 2 aromatic heterocycles. The quantitative estimate of drug-likeness (QED) is 0.886. The molecule has 0 aliphatic rings. The summed E-state index contributed by atoms with van der Waals surface area (Å²) in [5.74, 6) is 0. The van der Waals surface area contributed by atoms with Crippen LogP contribution in [0.2, 0.25) is 5.02 Å². The van der Waals surface area contributed by atoms with Crippen molar-refractivity contribution >= 4 is 17.3 Å². The van der Waals surface area contributed by atoms with E-state index in [2.05, 4.69) is 22.2 Å². The molecule has 16 heavy (non-hydrogen) atoms. The highest BCUT2D eigenvalue weighted by Crippen LogP contribution is 2.20. The Morgan fingerprint density at radius 3 is 2.69 bits per heavy atom. The molecule has 3 nitrogen and oxygen atoms in total. The Hall–Kier alpha value is -1.61. The summed E-state index contributed by atoms with van der Waals surface area (Å²) < 4.78 is 0. The van der Waals surface area contributed by atoms with Crippen molar-refractivity contribution in [3.8, 4) is 0 Å². The van der Waals surface area contributed by atoms with Crippen molar-refractivity contribution in [2.75, 3.05) is 5.32 Å². The molecule has 0 amide bonds. The molecule has 0 saturated heterocycles. The van der Waals surface area contributed by atoms with Crippen LogP contribution in [-0.2, 0) is 6.54 Å². The van der Waals surface area contributed by atoms with Crippen LogP contribution in [0.15, 0.2) is 36.9 Å². The minimum atomic E-state index is 0.677. The molecule has 0 radical (unpaired) electrons. The minimum absolute atomic E-state index is 0.677. The molecular formula is C12H12ClN3. The van der Waals surface area contributed by atoms with Gasteiger partial charge in [-0.2, -0.15) is 0 Å². The van der Waals surface area contributed by atoms with E-state index < -0.39 is 0 Å². The second-order valence-electron chi connectivity index (χ2n) is 3.51. The highest BCUT2D eigenvalue weighted by atomic mass is 35.5. The Kier molecular flexibility index (Phi) is 3.37. The fourth-order valence-corrected chi connectivity index (χ4v) is 1.55. The van der Waals surface area contributed by atoms with E-state index in [4.69, 9.17) is 11.6 Å². The van der Waals surface area contributed by atoms with Crippen LogP contribution in [0.4, 0.5) is 5.69 Å². The summed E-state index contributed by atoms with van der Waals surface area (Å²) in [6.45, 7) is 2.76. The van der Waals surface area contributed by atoms with Crippen molar-refractivity contribution in [2.45, 2.75) is 13.5 Å². The maximum atomic E-state index is 6.01. The van der Waals surface area contributed by atoms with E-state index in [9.17, 15) is 0 Å². The number of hydrogen-bond acceptors (Lipinski definition) is 3. The Morgan fingerprint density at radius 1 is 1.19 bits per heavy atom. The third-order valence-corrected chi connectivity index (χ3v) is 2.71. The number of nitrogens with zero attached hydrogens (tertiary/aromatic N) is 2. The van der Waals surface area contributed by atoms with Crippen molar-refractivity contribution in [1.29, 1.82) is 0 Å². The lowest BCUT2D eigenvalue weighted by atomic mass is 10.1. The standard InChI is InChI=1S/C12H12ClN3/c1-9-2-4-14-6-10(9)7-16-12-8-15-5-3-11(12)13/h2-6,8,16H,7H2,1H3. The van der Waals surface area contributed by atoms with Crippen LogP contribution in [-0.4, -0.2) is 9.97 Å². The highest BCUT2D eigenvalue weighted by Gasteiger charge is 2.01. The summed E-state index contributed by atoms with van der Waals surface area (Å²) in [6.07, 6.45) is 7.03. The number of pyridine rings is 2. The van der Waals surface area contributed by atoms with Crippen LogP contribution in [0.25, 0.3) is 0 Å². The third-order valence-electron chi connectivity index (χ3n) is 2.38. The zero-order chi connectivity index (χ0) is 11.4. The average molecular weight is 234 g/mol. The van der Waals surface area contributed by atoms with Crippen molar-refractivity contribution in [1.82, 2.24) is 9.97 Å². The lowest BCUT2D eigenvalue weighted by Crippen LogP contribution is -2.02. The van der Waals surface area contributed by atoms with Crippen LogP contribution in [0.3, 0.4) is 0 Å². The fraction of sp³-hybridized carbons (Fsp3) is 0.167. The molecule has 0 aliphatic heterocycles. The monoisotopic (exact) mass is 233 g/mol. The first-order chi connectivity index (χ1) is 7.77. The minimum Gasteiger partial charge on any atom is -0.378 e. The maximum absolute atomic E-state index is 6.01. The zero-order valence-electron chi connectivity index (χ0n) is 8.94. The Labute approximate surface area is 99.5 Å². The molecule has 0 spiro atoms. The van der Waals surface area contributed by atoms with Gasteiger partial charge in [-0.1, -0.05) is 11.6 Å². The molecule has 2 heterocycles. The second kappa shape index (κ2) is 4.94. The van der Waals surface area contributed by atoms with E-state index in [-0.39, 0.29) is 0 Å². The van der Waals surface area contributed by atoms with Crippen molar-refractivity contribution in [3.05, 3.63) is 53.1 Å². The van der Waals surface area contributed by atoms with Crippen molar-refractivity contribution in [2.24, 2.45) is 0 Å². The van der Waals surface area contributed by atoms with E-state index in [1.165, 1.54) is 5.56 Å². The molecule has 82 valence electrons. The first-order valence-electron chi connectivity index (χ1n) is 5.00. The van der Waals surface area contributed by atoms with Gasteiger partial charge in [0.1, 0.15) is 0 Å². The molecule has 0 atom stereocenters. The van der Waals surface area contributed by atoms with Crippen LogP contribution >= 0.6 is 11.6 Å². The van der Waals surface area contributed by atoms with Gasteiger partial charge in [-0.05, 0) is 30.2 Å². The Bertz CT molecular complexity index is 440. The van der Waals surface area contributed by atoms with Crippen LogP contribution in [0, 0.1) is 6.92 Å². The molecule has 0 aliphatic carbocycles. The summed E-state index contributed by atoms with van der Waals surface area (Å²) in [5, 5.41) is 3.91. The lowest BCUT2D eigenvalue weighted by molar-refractivity contribution is 1.08. The predicted molar refractivity (Wildman–Crippen MR) is 65.5 cm³/mol. The molecule has 0 fully saturated rings. The first kappa shape index (κ1) is 10.9. The van der Waals surface area contributed by atoms with E-state index in [0.717, 1.165) is 11.3 Å². The van der Waals surface area contributed by atoms with Crippen LogP contribution < -0.4 is 5.32 Å². The molecule has 1 N–H and O–H groups in total. The third kappa shape index (κ3) is 2.49. The number of anilines is 1. The van der Waals surface area contributed by atoms with Gasteiger partial charge in [0.05, 0.1) is 16.9 Å². The number of halogens is 1. The number of rotatable bonds is 3. The number of hydrogen-bond donors (Lipinski definition) is 1. The normalized spacial score (nSPS) is 10.1. The van der Waals surface area contributed by atoms with Gasteiger partial charge >= 0.3 is 0 Å². The summed E-state index contributed by atoms with van der Waals surface area (Å²) >= 11 is 6.01. The average Bonchev–Trinajstić information content (AvgIpc) is 2.30. The fourth-order valence-electron chi connectivity index (χ4n) is 1.38. The van der Waals surface area contributed by atoms with Gasteiger partial charge in [-0.3, -0.25) is 9.97 Å². The SMILES string of the molecule is Cc1ccncc1CNc1cnccc1Cl. The van der Waals surface area contributed by atoms with Crippen molar-refractivity contribution in [3.63, 3.8) is 0 Å². The summed E-state index contributed by atoms with van der Waals surface area (Å²) in [5.41, 5.74) is 3.21. The summed E-state index contributed by atoms with van der Waals surface area (Å²) in [4.78, 5) is 8.11. The van der Waals surface area contributed by atoms with Gasteiger partial charge in [0.2, 0.25) is 0 Å². The van der Waals surface area contributed by atoms with Gasteiger partial charge in [-0.15, -0.1) is 0 Å². The molecule has 2 rings (SSSR count). The van der Waals surface area contributed by atoms with E-state index in [1.807, 2.05) is 12.3 Å². The van der Waals surface area contributed by atoms with Gasteiger partial charge in [-0.25, -0.2) is 0 Å². The van der Waals surface area contributed by atoms with Gasteiger partial charge in [0, 0.05) is 25.1 Å². The molecule has 2 aromatic rings. The second-order valence-corrected chi connectivity index (χ2v) is 3.92. The predicted octanol–water partition coefficient (Wildman–Crippen LogP) is 3.05. The number of nitrogens with one attached hydrogen (secondary N) is 1. The van der Waals surface area contributed by atoms with E-state index in [1.54, 1.807) is 24.7 Å². The molecule has 0 unspecified atom stereocenters. The first-order valence-corrected chi connectivity index (χ1v) is 5.38. The lowest BCUT2D eigenvalue weighted by Gasteiger charge is -2.09. The molecule has 0 bridgehead atoms. The smallest absolute Gasteiger partial charge is 0.0718 e. The number of aromatic nitrogens is 2. The Balaban J connectivity index is 2.09. The van der Waals surface area contributed by atoms with Crippen molar-refractivity contribution < 1.29 is 0 Å². The highest BCUT2D eigenvalue weighted by molar-refractivity contribution is 6.33. The largest absolute Gasteiger partial charge is 0.378 e. The Morgan fingerprint density at radius 2 is 1.94 bits per heavy atom. The van der Waals surface area contributed by atoms with E-state index >= 15 is 0 Å². The topological polar surface area (TPSA) is 37.8 Å². The summed E-state index contributed by atoms with van der Waals surface area (Å²) in [7, 11) is 0. The van der Waals surface area contributed by atoms with Gasteiger partial charge in [0.15, 0.2) is 0 Å². The number of aryl methyl sites for hydroxylation is 1. The van der Waals surface area contributed by atoms with E-state index in [0.29, 0.717) is 11.6 Å². The molecule has 0 saturated carbocycles. The van der Waals surface area contributed by atoms with Crippen LogP contribution in [0.1, 0.15) is 11.1 Å². The molecular weight excluding hydrogens is 222 g/mol. The molecule has 4 heteroatoms. The summed E-state index contributed by atoms with van der Waals surface area (Å²) in [6, 6.07) is 3.75. The van der Waals surface area contributed by atoms with Crippen LogP contribution in [0.5, 0.6) is 0 Å². The maximum Gasteiger partial charge on any atom is 0.0718 e.